The molecule has 2 unspecified atom stereocenters. The van der Waals surface area contributed by atoms with E-state index in [4.69, 9.17) is 18.0 Å². The molecule has 3 nitrogen and oxygen atoms in total. The quantitative estimate of drug-likeness (QED) is 0.761. The molecule has 1 aliphatic rings. The highest BCUT2D eigenvalue weighted by Crippen LogP contribution is 2.37. The Kier molecular flexibility index (Phi) is 2.86. The van der Waals surface area contributed by atoms with E-state index in [1.807, 2.05) is 12.1 Å². The molecule has 0 aromatic carbocycles. The molecule has 1 aromatic heterocycles. The molecule has 0 amide bonds. The second-order valence-corrected chi connectivity index (χ2v) is 4.56. The van der Waals surface area contributed by atoms with Crippen LogP contribution in [0.4, 0.5) is 5.69 Å². The fraction of sp³-hybridized carbons (Fsp3) is 0.455. The highest BCUT2D eigenvalue weighted by atomic mass is 32.1. The minimum absolute atomic E-state index is 0.349. The molecule has 1 fully saturated rings. The Balaban J connectivity index is 2.03. The summed E-state index contributed by atoms with van der Waals surface area (Å²) in [6.07, 6.45) is 3.02. The van der Waals surface area contributed by atoms with Gasteiger partial charge in [-0.15, -0.1) is 0 Å². The highest BCUT2D eigenvalue weighted by molar-refractivity contribution is 7.80. The number of pyridine rings is 1. The molecule has 4 heteroatoms. The SMILES string of the molecule is CC1CC1CNc1cccnc1C(N)=S. The van der Waals surface area contributed by atoms with E-state index < -0.39 is 0 Å². The minimum atomic E-state index is 0.349. The highest BCUT2D eigenvalue weighted by Gasteiger charge is 2.32. The smallest absolute Gasteiger partial charge is 0.124 e. The minimum Gasteiger partial charge on any atom is -0.388 e. The van der Waals surface area contributed by atoms with Gasteiger partial charge in [0.1, 0.15) is 10.7 Å². The van der Waals surface area contributed by atoms with Crippen molar-refractivity contribution in [2.24, 2.45) is 17.6 Å². The summed E-state index contributed by atoms with van der Waals surface area (Å²) in [7, 11) is 0. The van der Waals surface area contributed by atoms with Crippen LogP contribution in [-0.4, -0.2) is 16.5 Å². The van der Waals surface area contributed by atoms with Gasteiger partial charge in [-0.1, -0.05) is 19.1 Å². The van der Waals surface area contributed by atoms with Crippen molar-refractivity contribution >= 4 is 22.9 Å². The van der Waals surface area contributed by atoms with Crippen LogP contribution < -0.4 is 11.1 Å². The number of hydrogen-bond donors (Lipinski definition) is 2. The number of thiocarbonyl (C=S) groups is 1. The lowest BCUT2D eigenvalue weighted by molar-refractivity contribution is 0.786. The number of nitrogens with zero attached hydrogens (tertiary/aromatic N) is 1. The van der Waals surface area contributed by atoms with E-state index >= 15 is 0 Å². The summed E-state index contributed by atoms with van der Waals surface area (Å²) >= 11 is 4.94. The summed E-state index contributed by atoms with van der Waals surface area (Å²) in [5.74, 6) is 1.65. The topological polar surface area (TPSA) is 50.9 Å². The van der Waals surface area contributed by atoms with E-state index in [0.29, 0.717) is 10.7 Å². The second kappa shape index (κ2) is 4.14. The lowest BCUT2D eigenvalue weighted by atomic mass is 10.2. The third-order valence-corrected chi connectivity index (χ3v) is 3.07. The third-order valence-electron chi connectivity index (χ3n) is 2.87. The van der Waals surface area contributed by atoms with Crippen LogP contribution in [0.3, 0.4) is 0 Å². The van der Waals surface area contributed by atoms with Gasteiger partial charge in [0.05, 0.1) is 5.69 Å². The molecule has 0 bridgehead atoms. The predicted octanol–water partition coefficient (Wildman–Crippen LogP) is 1.78. The van der Waals surface area contributed by atoms with Crippen LogP contribution in [0.5, 0.6) is 0 Å². The van der Waals surface area contributed by atoms with Gasteiger partial charge in [-0.25, -0.2) is 0 Å². The fourth-order valence-corrected chi connectivity index (χ4v) is 1.83. The van der Waals surface area contributed by atoms with E-state index in [1.165, 1.54) is 6.42 Å². The van der Waals surface area contributed by atoms with Gasteiger partial charge in [-0.3, -0.25) is 4.98 Å². The van der Waals surface area contributed by atoms with Crippen LogP contribution in [0.1, 0.15) is 19.0 Å². The molecule has 1 aromatic rings. The Morgan fingerprint density at radius 2 is 2.47 bits per heavy atom. The second-order valence-electron chi connectivity index (χ2n) is 4.12. The fourth-order valence-electron chi connectivity index (χ4n) is 1.67. The Labute approximate surface area is 95.1 Å². The lowest BCUT2D eigenvalue weighted by Gasteiger charge is -2.09. The number of rotatable bonds is 4. The summed E-state index contributed by atoms with van der Waals surface area (Å²) in [6.45, 7) is 3.26. The molecule has 80 valence electrons. The molecular weight excluding hydrogens is 206 g/mol. The average Bonchev–Trinajstić information content (AvgIpc) is 2.92. The van der Waals surface area contributed by atoms with E-state index in [-0.39, 0.29) is 0 Å². The van der Waals surface area contributed by atoms with Crippen molar-refractivity contribution in [1.29, 1.82) is 0 Å². The largest absolute Gasteiger partial charge is 0.388 e. The van der Waals surface area contributed by atoms with Crippen molar-refractivity contribution in [3.8, 4) is 0 Å². The van der Waals surface area contributed by atoms with Crippen molar-refractivity contribution in [1.82, 2.24) is 4.98 Å². The molecule has 0 aliphatic heterocycles. The third kappa shape index (κ3) is 2.45. The first-order valence-corrected chi connectivity index (χ1v) is 5.58. The van der Waals surface area contributed by atoms with Crippen LogP contribution in [0.15, 0.2) is 18.3 Å². The van der Waals surface area contributed by atoms with Gasteiger partial charge >= 0.3 is 0 Å². The van der Waals surface area contributed by atoms with Gasteiger partial charge in [0.2, 0.25) is 0 Å². The van der Waals surface area contributed by atoms with Crippen molar-refractivity contribution < 1.29 is 0 Å². The first-order valence-electron chi connectivity index (χ1n) is 5.17. The van der Waals surface area contributed by atoms with Gasteiger partial charge in [-0.05, 0) is 30.4 Å². The van der Waals surface area contributed by atoms with E-state index in [0.717, 1.165) is 24.1 Å². The zero-order valence-corrected chi connectivity index (χ0v) is 9.55. The van der Waals surface area contributed by atoms with Crippen LogP contribution in [0, 0.1) is 11.8 Å². The molecule has 1 aliphatic carbocycles. The van der Waals surface area contributed by atoms with Gasteiger partial charge in [0.15, 0.2) is 0 Å². The number of hydrogen-bond acceptors (Lipinski definition) is 3. The lowest BCUT2D eigenvalue weighted by Crippen LogP contribution is -2.16. The monoisotopic (exact) mass is 221 g/mol. The Bertz CT molecular complexity index is 378. The van der Waals surface area contributed by atoms with Crippen molar-refractivity contribution in [3.05, 3.63) is 24.0 Å². The molecule has 3 N–H and O–H groups in total. The van der Waals surface area contributed by atoms with Crippen LogP contribution in [0.25, 0.3) is 0 Å². The zero-order valence-electron chi connectivity index (χ0n) is 8.73. The van der Waals surface area contributed by atoms with Crippen molar-refractivity contribution in [2.75, 3.05) is 11.9 Å². The Hall–Kier alpha value is -1.16. The average molecular weight is 221 g/mol. The number of nitrogens with one attached hydrogen (secondary N) is 1. The summed E-state index contributed by atoms with van der Waals surface area (Å²) in [6, 6.07) is 3.86. The summed E-state index contributed by atoms with van der Waals surface area (Å²) in [5.41, 5.74) is 7.24. The first-order chi connectivity index (χ1) is 7.18. The molecule has 0 radical (unpaired) electrons. The molecule has 0 saturated heterocycles. The molecule has 0 spiro atoms. The molecule has 1 heterocycles. The molecular formula is C11H15N3S. The van der Waals surface area contributed by atoms with E-state index in [2.05, 4.69) is 17.2 Å². The van der Waals surface area contributed by atoms with E-state index in [9.17, 15) is 0 Å². The Morgan fingerprint density at radius 1 is 1.73 bits per heavy atom. The number of nitrogens with two attached hydrogens (primary N) is 1. The van der Waals surface area contributed by atoms with Gasteiger partial charge < -0.3 is 11.1 Å². The maximum Gasteiger partial charge on any atom is 0.124 e. The maximum atomic E-state index is 5.59. The first kappa shape index (κ1) is 10.4. The summed E-state index contributed by atoms with van der Waals surface area (Å²) in [4.78, 5) is 4.52. The number of aromatic nitrogens is 1. The molecule has 2 rings (SSSR count). The predicted molar refractivity (Wildman–Crippen MR) is 65.9 cm³/mol. The standard InChI is InChI=1S/C11H15N3S/c1-7-5-8(7)6-14-9-3-2-4-13-10(9)11(12)15/h2-4,7-8,14H,5-6H2,1H3,(H2,12,15). The van der Waals surface area contributed by atoms with Crippen LogP contribution in [-0.2, 0) is 0 Å². The van der Waals surface area contributed by atoms with Gasteiger partial charge in [-0.2, -0.15) is 0 Å². The van der Waals surface area contributed by atoms with Crippen LogP contribution >= 0.6 is 12.2 Å². The Morgan fingerprint density at radius 3 is 3.07 bits per heavy atom. The molecule has 15 heavy (non-hydrogen) atoms. The van der Waals surface area contributed by atoms with E-state index in [1.54, 1.807) is 6.20 Å². The van der Waals surface area contributed by atoms with Crippen molar-refractivity contribution in [3.63, 3.8) is 0 Å². The molecule has 1 saturated carbocycles. The van der Waals surface area contributed by atoms with Gasteiger partial charge in [0, 0.05) is 12.7 Å². The summed E-state index contributed by atoms with van der Waals surface area (Å²) < 4.78 is 0. The normalized spacial score (nSPS) is 23.5. The zero-order chi connectivity index (χ0) is 10.8. The van der Waals surface area contributed by atoms with Gasteiger partial charge in [0.25, 0.3) is 0 Å². The van der Waals surface area contributed by atoms with Crippen molar-refractivity contribution in [2.45, 2.75) is 13.3 Å². The number of anilines is 1. The summed E-state index contributed by atoms with van der Waals surface area (Å²) in [5, 5.41) is 3.36. The molecule has 2 atom stereocenters. The maximum absolute atomic E-state index is 5.59. The van der Waals surface area contributed by atoms with Crippen LogP contribution in [0.2, 0.25) is 0 Å².